The Morgan fingerprint density at radius 2 is 1.86 bits per heavy atom. The molecule has 9 nitrogen and oxygen atoms in total. The van der Waals surface area contributed by atoms with Gasteiger partial charge < -0.3 is 25.6 Å². The Bertz CT molecular complexity index is 1060. The fraction of sp³-hybridized carbons (Fsp3) is 0.500. The van der Waals surface area contributed by atoms with Crippen LogP contribution in [0.15, 0.2) is 59.5 Å². The Hall–Kier alpha value is -2.66. The maximum atomic E-state index is 13.6. The number of nitrogens with one attached hydrogen (secondary N) is 2. The van der Waals surface area contributed by atoms with Gasteiger partial charge >= 0.3 is 6.09 Å². The molecule has 5 N–H and O–H groups in total. The second-order valence-corrected chi connectivity index (χ2v) is 11.6. The Labute approximate surface area is 213 Å². The number of sulfone groups is 1. The summed E-state index contributed by atoms with van der Waals surface area (Å²) in [5.74, 6) is 0.123. The molecule has 1 amide bonds. The molecule has 4 atom stereocenters. The van der Waals surface area contributed by atoms with E-state index in [1.807, 2.05) is 44.2 Å². The zero-order valence-electron chi connectivity index (χ0n) is 20.8. The topological polar surface area (TPSA) is 140 Å². The summed E-state index contributed by atoms with van der Waals surface area (Å²) in [4.78, 5) is 12.8. The molecule has 1 aliphatic heterocycles. The highest BCUT2D eigenvalue weighted by Gasteiger charge is 2.39. The lowest BCUT2D eigenvalue weighted by atomic mass is 10.0. The number of rotatable bonds is 11. The van der Waals surface area contributed by atoms with Crippen LogP contribution in [0.1, 0.15) is 32.3 Å². The summed E-state index contributed by atoms with van der Waals surface area (Å²) in [6, 6.07) is 14.1. The number of nitrogen functional groups attached to an aromatic ring is 1. The Morgan fingerprint density at radius 3 is 2.47 bits per heavy atom. The van der Waals surface area contributed by atoms with Gasteiger partial charge in [0, 0.05) is 12.3 Å². The Kier molecular flexibility index (Phi) is 10.1. The Balaban J connectivity index is 1.88. The van der Waals surface area contributed by atoms with Crippen molar-refractivity contribution >= 4 is 21.6 Å². The van der Waals surface area contributed by atoms with Gasteiger partial charge in [-0.2, -0.15) is 0 Å². The van der Waals surface area contributed by atoms with E-state index in [-0.39, 0.29) is 23.3 Å². The van der Waals surface area contributed by atoms with Crippen molar-refractivity contribution in [2.45, 2.75) is 61.6 Å². The van der Waals surface area contributed by atoms with Crippen LogP contribution in [0.3, 0.4) is 0 Å². The fourth-order valence-corrected chi connectivity index (χ4v) is 5.73. The van der Waals surface area contributed by atoms with Crippen LogP contribution in [0.4, 0.5) is 10.5 Å². The van der Waals surface area contributed by atoms with E-state index < -0.39 is 33.5 Å². The van der Waals surface area contributed by atoms with Crippen LogP contribution in [0, 0.1) is 5.92 Å². The molecule has 0 bridgehead atoms. The van der Waals surface area contributed by atoms with Crippen molar-refractivity contribution in [2.75, 3.05) is 25.5 Å². The number of carbonyl (C=O) groups is 1. The molecular formula is C26H37N3O6S. The SMILES string of the molecule is CC(C)CNC(C(O)C(Cc1ccccc1)NC(=O)O[C@H]1CCCOC1)S(=O)(=O)c1ccc(N)cc1. The maximum Gasteiger partial charge on any atom is 0.407 e. The monoisotopic (exact) mass is 519 g/mol. The van der Waals surface area contributed by atoms with Gasteiger partial charge in [-0.15, -0.1) is 0 Å². The highest BCUT2D eigenvalue weighted by atomic mass is 32.2. The highest BCUT2D eigenvalue weighted by Crippen LogP contribution is 2.22. The van der Waals surface area contributed by atoms with Crippen LogP contribution in [0.2, 0.25) is 0 Å². The van der Waals surface area contributed by atoms with Gasteiger partial charge in [-0.25, -0.2) is 13.2 Å². The standard InChI is InChI=1S/C26H37N3O6S/c1-18(2)16-28-25(36(32,33)22-12-10-20(27)11-13-22)24(30)23(15-19-7-4-3-5-8-19)29-26(31)35-21-9-6-14-34-17-21/h3-5,7-8,10-13,18,21,23-25,28,30H,6,9,14-17,27H2,1-2H3,(H,29,31)/t21-,23?,24?,25?/m0/s1. The molecule has 3 rings (SSSR count). The van der Waals surface area contributed by atoms with Gasteiger partial charge in [-0.3, -0.25) is 5.32 Å². The highest BCUT2D eigenvalue weighted by molar-refractivity contribution is 7.92. The lowest BCUT2D eigenvalue weighted by molar-refractivity contribution is -0.0189. The number of nitrogens with two attached hydrogens (primary N) is 1. The Morgan fingerprint density at radius 1 is 1.17 bits per heavy atom. The van der Waals surface area contributed by atoms with Gasteiger partial charge in [0.2, 0.25) is 0 Å². The summed E-state index contributed by atoms with van der Waals surface area (Å²) < 4.78 is 38.1. The van der Waals surface area contributed by atoms with E-state index in [0.717, 1.165) is 12.0 Å². The number of aliphatic hydroxyl groups excluding tert-OH is 1. The average molecular weight is 520 g/mol. The van der Waals surface area contributed by atoms with Crippen molar-refractivity contribution in [3.05, 3.63) is 60.2 Å². The molecule has 0 aromatic heterocycles. The first-order valence-corrected chi connectivity index (χ1v) is 13.8. The average Bonchev–Trinajstić information content (AvgIpc) is 2.85. The van der Waals surface area contributed by atoms with Crippen molar-refractivity contribution < 1.29 is 27.8 Å². The quantitative estimate of drug-likeness (QED) is 0.332. The van der Waals surface area contributed by atoms with E-state index in [4.69, 9.17) is 15.2 Å². The van der Waals surface area contributed by atoms with E-state index in [9.17, 15) is 18.3 Å². The van der Waals surface area contributed by atoms with Crippen molar-refractivity contribution in [1.29, 1.82) is 0 Å². The molecule has 3 unspecified atom stereocenters. The summed E-state index contributed by atoms with van der Waals surface area (Å²) in [5.41, 5.74) is 7.00. The third-order valence-electron chi connectivity index (χ3n) is 5.99. The molecule has 2 aromatic rings. The van der Waals surface area contributed by atoms with Crippen molar-refractivity contribution in [3.63, 3.8) is 0 Å². The minimum atomic E-state index is -4.04. The predicted octanol–water partition coefficient (Wildman–Crippen LogP) is 2.49. The predicted molar refractivity (Wildman–Crippen MR) is 138 cm³/mol. The number of hydrogen-bond acceptors (Lipinski definition) is 8. The van der Waals surface area contributed by atoms with Gasteiger partial charge in [0.05, 0.1) is 17.5 Å². The number of carbonyl (C=O) groups excluding carboxylic acids is 1. The zero-order chi connectivity index (χ0) is 26.1. The molecule has 0 radical (unpaired) electrons. The number of ether oxygens (including phenoxy) is 2. The smallest absolute Gasteiger partial charge is 0.407 e. The molecule has 1 aliphatic rings. The van der Waals surface area contributed by atoms with Crippen molar-refractivity contribution in [2.24, 2.45) is 5.92 Å². The summed E-state index contributed by atoms with van der Waals surface area (Å²) in [7, 11) is -4.04. The molecule has 198 valence electrons. The van der Waals surface area contributed by atoms with Crippen molar-refractivity contribution in [1.82, 2.24) is 10.6 Å². The zero-order valence-corrected chi connectivity index (χ0v) is 21.6. The summed E-state index contributed by atoms with van der Waals surface area (Å²) in [6.07, 6.45) is -0.922. The van der Waals surface area contributed by atoms with Gasteiger partial charge in [-0.05, 0) is 61.6 Å². The second-order valence-electron chi connectivity index (χ2n) is 9.51. The van der Waals surface area contributed by atoms with Crippen LogP contribution in [0.5, 0.6) is 0 Å². The first-order valence-electron chi connectivity index (χ1n) is 12.3. The molecular weight excluding hydrogens is 482 g/mol. The number of alkyl carbamates (subject to hydrolysis) is 1. The molecule has 0 aliphatic carbocycles. The first-order chi connectivity index (χ1) is 17.2. The van der Waals surface area contributed by atoms with E-state index in [0.29, 0.717) is 31.9 Å². The van der Waals surface area contributed by atoms with Crippen LogP contribution in [-0.4, -0.2) is 63.0 Å². The fourth-order valence-electron chi connectivity index (χ4n) is 4.05. The summed E-state index contributed by atoms with van der Waals surface area (Å²) in [6.45, 7) is 5.16. The molecule has 0 spiro atoms. The number of benzene rings is 2. The van der Waals surface area contributed by atoms with Crippen LogP contribution >= 0.6 is 0 Å². The molecule has 0 saturated carbocycles. The minimum absolute atomic E-state index is 0.0254. The molecule has 1 fully saturated rings. The van der Waals surface area contributed by atoms with E-state index in [2.05, 4.69) is 10.6 Å². The van der Waals surface area contributed by atoms with Gasteiger partial charge in [0.1, 0.15) is 17.6 Å². The van der Waals surface area contributed by atoms with Crippen LogP contribution in [-0.2, 0) is 25.7 Å². The molecule has 1 heterocycles. The minimum Gasteiger partial charge on any atom is -0.444 e. The molecule has 2 aromatic carbocycles. The lowest BCUT2D eigenvalue weighted by Gasteiger charge is -2.32. The van der Waals surface area contributed by atoms with E-state index >= 15 is 0 Å². The molecule has 36 heavy (non-hydrogen) atoms. The van der Waals surface area contributed by atoms with E-state index in [1.54, 1.807) is 0 Å². The van der Waals surface area contributed by atoms with E-state index in [1.165, 1.54) is 24.3 Å². The van der Waals surface area contributed by atoms with Crippen molar-refractivity contribution in [3.8, 4) is 0 Å². The first kappa shape index (κ1) is 27.9. The van der Waals surface area contributed by atoms with Gasteiger partial charge in [0.25, 0.3) is 0 Å². The summed E-state index contributed by atoms with van der Waals surface area (Å²) >= 11 is 0. The third-order valence-corrected chi connectivity index (χ3v) is 8.03. The second kappa shape index (κ2) is 13.0. The molecule has 10 heteroatoms. The van der Waals surface area contributed by atoms with Gasteiger partial charge in [0.15, 0.2) is 9.84 Å². The lowest BCUT2D eigenvalue weighted by Crippen LogP contribution is -2.57. The third kappa shape index (κ3) is 7.92. The van der Waals surface area contributed by atoms with Crippen LogP contribution in [0.25, 0.3) is 0 Å². The largest absolute Gasteiger partial charge is 0.444 e. The van der Waals surface area contributed by atoms with Gasteiger partial charge in [-0.1, -0.05) is 44.2 Å². The maximum absolute atomic E-state index is 13.6. The number of hydrogen-bond donors (Lipinski definition) is 4. The number of amides is 1. The normalized spacial score (nSPS) is 18.8. The number of anilines is 1. The van der Waals surface area contributed by atoms with Crippen LogP contribution < -0.4 is 16.4 Å². The summed E-state index contributed by atoms with van der Waals surface area (Å²) in [5, 5.41) is 15.8. The molecule has 1 saturated heterocycles. The number of aliphatic hydroxyl groups is 1.